The van der Waals surface area contributed by atoms with E-state index in [-0.39, 0.29) is 25.2 Å². The molecule has 1 atom stereocenters. The van der Waals surface area contributed by atoms with Gasteiger partial charge in [0.1, 0.15) is 12.5 Å². The van der Waals surface area contributed by atoms with Crippen LogP contribution in [0.4, 0.5) is 0 Å². The van der Waals surface area contributed by atoms with E-state index in [9.17, 15) is 9.59 Å². The molecule has 2 aromatic carbocycles. The SMILES string of the molecule is CN(CC(=O)NCCCCCN)C(Cc1ccccc1)OSN(CC=O)CCCc1ccccc1. The molecular weight excluding hydrogens is 460 g/mol. The predicted octanol–water partition coefficient (Wildman–Crippen LogP) is 3.45. The lowest BCUT2D eigenvalue weighted by Crippen LogP contribution is -2.42. The molecule has 7 nitrogen and oxygen atoms in total. The number of amides is 1. The maximum atomic E-state index is 12.5. The fourth-order valence-corrected chi connectivity index (χ4v) is 4.36. The molecule has 2 aromatic rings. The zero-order valence-electron chi connectivity index (χ0n) is 20.8. The molecule has 0 aliphatic carbocycles. The first-order valence-corrected chi connectivity index (χ1v) is 13.1. The van der Waals surface area contributed by atoms with Crippen LogP contribution in [0.3, 0.4) is 0 Å². The molecular formula is C27H40N4O3S. The minimum atomic E-state index is -0.325. The number of hydrogen-bond donors (Lipinski definition) is 2. The molecule has 35 heavy (non-hydrogen) atoms. The standard InChI is InChI=1S/C27H40N4O3S/c1-30(23-26(33)29-18-10-4-9-17-28)27(22-25-14-7-3-8-15-25)34-35-31(20-21-32)19-11-16-24-12-5-2-6-13-24/h2-3,5-8,12-15,21,27H,4,9-11,16-20,22-23,28H2,1H3,(H,29,33). The molecule has 192 valence electrons. The van der Waals surface area contributed by atoms with Gasteiger partial charge in [0.15, 0.2) is 0 Å². The molecule has 1 amide bonds. The lowest BCUT2D eigenvalue weighted by molar-refractivity contribution is -0.123. The van der Waals surface area contributed by atoms with Gasteiger partial charge in [0.05, 0.1) is 25.3 Å². The van der Waals surface area contributed by atoms with Crippen LogP contribution in [-0.4, -0.2) is 67.4 Å². The Morgan fingerprint density at radius 3 is 2.37 bits per heavy atom. The minimum absolute atomic E-state index is 0.0282. The van der Waals surface area contributed by atoms with Crippen molar-refractivity contribution in [2.45, 2.75) is 44.8 Å². The van der Waals surface area contributed by atoms with Crippen LogP contribution in [0.2, 0.25) is 0 Å². The number of rotatable bonds is 19. The predicted molar refractivity (Wildman–Crippen MR) is 144 cm³/mol. The van der Waals surface area contributed by atoms with Crippen LogP contribution in [0.15, 0.2) is 60.7 Å². The van der Waals surface area contributed by atoms with E-state index in [1.165, 1.54) is 17.8 Å². The summed E-state index contributed by atoms with van der Waals surface area (Å²) in [6.45, 7) is 2.57. The van der Waals surface area contributed by atoms with Crippen LogP contribution < -0.4 is 11.1 Å². The molecule has 0 spiro atoms. The van der Waals surface area contributed by atoms with Gasteiger partial charge in [-0.15, -0.1) is 0 Å². The van der Waals surface area contributed by atoms with Crippen LogP contribution in [0, 0.1) is 0 Å². The molecule has 0 bridgehead atoms. The smallest absolute Gasteiger partial charge is 0.234 e. The van der Waals surface area contributed by atoms with E-state index in [2.05, 4.69) is 29.6 Å². The molecule has 0 aromatic heterocycles. The van der Waals surface area contributed by atoms with Crippen molar-refractivity contribution in [3.63, 3.8) is 0 Å². The number of nitrogens with two attached hydrogens (primary N) is 1. The highest BCUT2D eigenvalue weighted by Crippen LogP contribution is 2.19. The Balaban J connectivity index is 1.89. The van der Waals surface area contributed by atoms with Crippen molar-refractivity contribution in [2.24, 2.45) is 5.73 Å². The van der Waals surface area contributed by atoms with Gasteiger partial charge in [-0.1, -0.05) is 67.1 Å². The normalized spacial score (nSPS) is 12.1. The number of benzene rings is 2. The first-order valence-electron chi connectivity index (χ1n) is 12.4. The minimum Gasteiger partial charge on any atom is -0.355 e. The molecule has 0 aliphatic heterocycles. The van der Waals surface area contributed by atoms with Gasteiger partial charge < -0.3 is 15.8 Å². The van der Waals surface area contributed by atoms with Crippen molar-refractivity contribution in [3.8, 4) is 0 Å². The third-order valence-electron chi connectivity index (χ3n) is 5.59. The lowest BCUT2D eigenvalue weighted by atomic mass is 10.1. The van der Waals surface area contributed by atoms with Gasteiger partial charge in [-0.3, -0.25) is 13.9 Å². The van der Waals surface area contributed by atoms with Crippen LogP contribution in [-0.2, 0) is 26.6 Å². The van der Waals surface area contributed by atoms with Crippen molar-refractivity contribution in [1.29, 1.82) is 0 Å². The van der Waals surface area contributed by atoms with Crippen molar-refractivity contribution in [2.75, 3.05) is 39.8 Å². The van der Waals surface area contributed by atoms with Crippen molar-refractivity contribution < 1.29 is 13.8 Å². The molecule has 0 heterocycles. The van der Waals surface area contributed by atoms with E-state index in [0.717, 1.165) is 50.5 Å². The Bertz CT molecular complexity index is 826. The summed E-state index contributed by atoms with van der Waals surface area (Å²) in [4.78, 5) is 25.6. The second-order valence-corrected chi connectivity index (χ2v) is 9.43. The van der Waals surface area contributed by atoms with Gasteiger partial charge in [0.25, 0.3) is 0 Å². The molecule has 0 radical (unpaired) electrons. The van der Waals surface area contributed by atoms with Crippen LogP contribution in [0.25, 0.3) is 0 Å². The van der Waals surface area contributed by atoms with Crippen molar-refractivity contribution in [1.82, 2.24) is 14.5 Å². The fraction of sp³-hybridized carbons (Fsp3) is 0.481. The largest absolute Gasteiger partial charge is 0.355 e. The van der Waals surface area contributed by atoms with E-state index in [0.29, 0.717) is 19.5 Å². The maximum absolute atomic E-state index is 12.5. The zero-order valence-corrected chi connectivity index (χ0v) is 21.6. The Kier molecular flexibility index (Phi) is 15.0. The quantitative estimate of drug-likeness (QED) is 0.100. The van der Waals surface area contributed by atoms with E-state index in [4.69, 9.17) is 9.92 Å². The number of nitrogens with one attached hydrogen (secondary N) is 1. The number of nitrogens with zero attached hydrogens (tertiary/aromatic N) is 2. The van der Waals surface area contributed by atoms with Gasteiger partial charge in [-0.05, 0) is 50.4 Å². The van der Waals surface area contributed by atoms with Crippen molar-refractivity contribution in [3.05, 3.63) is 71.8 Å². The van der Waals surface area contributed by atoms with E-state index >= 15 is 0 Å². The fourth-order valence-electron chi connectivity index (χ4n) is 3.59. The third kappa shape index (κ3) is 12.9. The first-order chi connectivity index (χ1) is 17.1. The van der Waals surface area contributed by atoms with Crippen LogP contribution >= 0.6 is 12.2 Å². The number of aldehydes is 1. The van der Waals surface area contributed by atoms with E-state index in [1.807, 2.05) is 52.7 Å². The Morgan fingerprint density at radius 1 is 1.03 bits per heavy atom. The number of carbonyl (C=O) groups is 2. The third-order valence-corrected chi connectivity index (χ3v) is 6.45. The summed E-state index contributed by atoms with van der Waals surface area (Å²) in [5.74, 6) is -0.0282. The molecule has 1 unspecified atom stereocenters. The second-order valence-electron chi connectivity index (χ2n) is 8.57. The topological polar surface area (TPSA) is 87.9 Å². The summed E-state index contributed by atoms with van der Waals surface area (Å²) in [7, 11) is 1.89. The van der Waals surface area contributed by atoms with Crippen LogP contribution in [0.5, 0.6) is 0 Å². The highest BCUT2D eigenvalue weighted by molar-refractivity contribution is 7.92. The zero-order chi connectivity index (χ0) is 25.1. The number of likely N-dealkylation sites (N-methyl/N-ethyl adjacent to an activating group) is 1. The average molecular weight is 501 g/mol. The summed E-state index contributed by atoms with van der Waals surface area (Å²) in [6.07, 6.45) is 5.97. The number of unbranched alkanes of at least 4 members (excludes halogenated alkanes) is 2. The molecule has 8 heteroatoms. The lowest BCUT2D eigenvalue weighted by Gasteiger charge is -2.29. The Morgan fingerprint density at radius 2 is 1.71 bits per heavy atom. The van der Waals surface area contributed by atoms with E-state index in [1.54, 1.807) is 0 Å². The molecule has 0 fully saturated rings. The van der Waals surface area contributed by atoms with Gasteiger partial charge in [0.2, 0.25) is 5.91 Å². The summed E-state index contributed by atoms with van der Waals surface area (Å²) in [5, 5.41) is 2.98. The number of carbonyl (C=O) groups excluding carboxylic acids is 2. The Labute approximate surface area is 214 Å². The molecule has 3 N–H and O–H groups in total. The molecule has 0 saturated heterocycles. The first kappa shape index (κ1) is 29.0. The number of hydrogen-bond acceptors (Lipinski definition) is 7. The van der Waals surface area contributed by atoms with Gasteiger partial charge in [-0.2, -0.15) is 0 Å². The van der Waals surface area contributed by atoms with Gasteiger partial charge in [-0.25, -0.2) is 4.31 Å². The van der Waals surface area contributed by atoms with Crippen molar-refractivity contribution >= 4 is 24.4 Å². The molecule has 0 aliphatic rings. The van der Waals surface area contributed by atoms with E-state index < -0.39 is 0 Å². The summed E-state index contributed by atoms with van der Waals surface area (Å²) < 4.78 is 8.13. The highest BCUT2D eigenvalue weighted by Gasteiger charge is 2.21. The van der Waals surface area contributed by atoms with Gasteiger partial charge >= 0.3 is 0 Å². The molecule has 2 rings (SSSR count). The highest BCUT2D eigenvalue weighted by atomic mass is 32.2. The number of aryl methyl sites for hydroxylation is 1. The second kappa shape index (κ2) is 18.1. The molecule has 0 saturated carbocycles. The summed E-state index contributed by atoms with van der Waals surface area (Å²) >= 11 is 1.21. The average Bonchev–Trinajstić information content (AvgIpc) is 2.87. The summed E-state index contributed by atoms with van der Waals surface area (Å²) in [5.41, 5.74) is 7.92. The summed E-state index contributed by atoms with van der Waals surface area (Å²) in [6, 6.07) is 20.4. The van der Waals surface area contributed by atoms with Gasteiger partial charge in [0, 0.05) is 19.5 Å². The monoisotopic (exact) mass is 500 g/mol. The maximum Gasteiger partial charge on any atom is 0.234 e. The Hall–Kier alpha value is -2.23. The van der Waals surface area contributed by atoms with Crippen LogP contribution in [0.1, 0.15) is 36.8 Å².